The lowest BCUT2D eigenvalue weighted by Crippen LogP contribution is -3.00. The smallest absolute Gasteiger partial charge is 0.408 e. The number of fused-ring (bicyclic) bond motifs is 1. The highest BCUT2D eigenvalue weighted by molar-refractivity contribution is 5.93. The number of ether oxygens (including phenoxy) is 2. The van der Waals surface area contributed by atoms with Crippen LogP contribution in [0.4, 0.5) is 4.79 Å². The lowest BCUT2D eigenvalue weighted by Gasteiger charge is -2.19. The molecule has 0 bridgehead atoms. The van der Waals surface area contributed by atoms with Crippen molar-refractivity contribution in [2.45, 2.75) is 66.5 Å². The van der Waals surface area contributed by atoms with Crippen molar-refractivity contribution in [3.05, 3.63) is 65.5 Å². The van der Waals surface area contributed by atoms with E-state index in [0.717, 1.165) is 29.0 Å². The summed E-state index contributed by atoms with van der Waals surface area (Å²) in [6, 6.07) is 15.1. The number of carbonyl (C=O) groups excluding carboxylic acids is 2. The molecule has 1 aromatic heterocycles. The van der Waals surface area contributed by atoms with Crippen LogP contribution in [0.3, 0.4) is 0 Å². The lowest BCUT2D eigenvalue weighted by atomic mass is 10.1. The molecule has 0 radical (unpaired) electrons. The Hall–Kier alpha value is -2.62. The maximum Gasteiger partial charge on any atom is 0.408 e. The molecule has 178 valence electrons. The molecule has 1 amide bonds. The van der Waals surface area contributed by atoms with E-state index in [1.165, 1.54) is 0 Å². The fraction of sp³-hybridized carbons (Fsp3) is 0.400. The van der Waals surface area contributed by atoms with E-state index in [4.69, 9.17) is 9.47 Å². The van der Waals surface area contributed by atoms with Gasteiger partial charge in [0.1, 0.15) is 18.8 Å². The first-order valence-electron chi connectivity index (χ1n) is 11.0. The second kappa shape index (κ2) is 11.5. The van der Waals surface area contributed by atoms with Gasteiger partial charge in [0, 0.05) is 6.07 Å². The Morgan fingerprint density at radius 2 is 1.76 bits per heavy atom. The highest BCUT2D eigenvalue weighted by Gasteiger charge is 2.26. The molecule has 0 saturated carbocycles. The van der Waals surface area contributed by atoms with Crippen molar-refractivity contribution in [3.8, 4) is 0 Å². The first kappa shape index (κ1) is 26.6. The van der Waals surface area contributed by atoms with Crippen molar-refractivity contribution >= 4 is 23.1 Å². The lowest BCUT2D eigenvalue weighted by molar-refractivity contribution is -0.676. The highest BCUT2D eigenvalue weighted by Crippen LogP contribution is 2.20. The number of nitrogens with one attached hydrogen (secondary N) is 1. The number of halogens is 1. The second-order valence-corrected chi connectivity index (χ2v) is 8.53. The van der Waals surface area contributed by atoms with Crippen LogP contribution in [0.5, 0.6) is 0 Å². The summed E-state index contributed by atoms with van der Waals surface area (Å²) in [7, 11) is 0. The van der Waals surface area contributed by atoms with E-state index >= 15 is 0 Å². The molecule has 0 atom stereocenters. The molecule has 3 rings (SSSR count). The largest absolute Gasteiger partial charge is 1.00 e. The molecular formula is C25H32IN3O4. The number of aromatic nitrogens is 2. The summed E-state index contributed by atoms with van der Waals surface area (Å²) in [6.07, 6.45) is -0.473. The number of rotatable bonds is 7. The summed E-state index contributed by atoms with van der Waals surface area (Å²) in [4.78, 5) is 24.8. The van der Waals surface area contributed by atoms with Crippen molar-refractivity contribution in [3.63, 3.8) is 0 Å². The average Bonchev–Trinajstić information content (AvgIpc) is 3.07. The van der Waals surface area contributed by atoms with Gasteiger partial charge in [0.25, 0.3) is 5.82 Å². The number of aryl methyl sites for hydroxylation is 2. The number of alkyl carbamates (subject to hydrolysis) is 1. The van der Waals surface area contributed by atoms with Crippen LogP contribution in [0, 0.1) is 0 Å². The van der Waals surface area contributed by atoms with Crippen LogP contribution in [-0.4, -0.2) is 22.2 Å². The fourth-order valence-corrected chi connectivity index (χ4v) is 3.68. The van der Waals surface area contributed by atoms with E-state index in [1.807, 2.05) is 70.2 Å². The number of hydrogen-bond donors (Lipinski definition) is 1. The van der Waals surface area contributed by atoms with Crippen molar-refractivity contribution in [1.82, 2.24) is 9.88 Å². The molecule has 33 heavy (non-hydrogen) atoms. The molecule has 1 N–H and O–H groups in total. The van der Waals surface area contributed by atoms with Crippen LogP contribution in [0.15, 0.2) is 48.5 Å². The summed E-state index contributed by atoms with van der Waals surface area (Å²) >= 11 is 0. The van der Waals surface area contributed by atoms with Gasteiger partial charge in [-0.3, -0.25) is 0 Å². The summed E-state index contributed by atoms with van der Waals surface area (Å²) < 4.78 is 15.1. The number of hydrogen-bond acceptors (Lipinski definition) is 4. The second-order valence-electron chi connectivity index (χ2n) is 8.53. The van der Waals surface area contributed by atoms with Crippen LogP contribution in [0.2, 0.25) is 0 Å². The van der Waals surface area contributed by atoms with E-state index < -0.39 is 11.7 Å². The van der Waals surface area contributed by atoms with Crippen LogP contribution in [0.25, 0.3) is 11.0 Å². The number of benzene rings is 2. The molecule has 2 aromatic carbocycles. The van der Waals surface area contributed by atoms with E-state index in [1.54, 1.807) is 6.07 Å². The molecule has 8 heteroatoms. The molecule has 3 aromatic rings. The van der Waals surface area contributed by atoms with Crippen LogP contribution in [-0.2, 0) is 35.7 Å². The first-order valence-corrected chi connectivity index (χ1v) is 11.0. The van der Waals surface area contributed by atoms with Gasteiger partial charge >= 0.3 is 12.1 Å². The molecule has 0 fully saturated rings. The third kappa shape index (κ3) is 6.69. The molecule has 0 unspecified atom stereocenters. The number of amides is 1. The Balaban J connectivity index is 0.00000385. The van der Waals surface area contributed by atoms with Crippen LogP contribution >= 0.6 is 0 Å². The molecule has 0 spiro atoms. The van der Waals surface area contributed by atoms with Crippen LogP contribution < -0.4 is 33.9 Å². The monoisotopic (exact) mass is 565 g/mol. The normalized spacial score (nSPS) is 11.1. The van der Waals surface area contributed by atoms with E-state index in [2.05, 4.69) is 21.4 Å². The van der Waals surface area contributed by atoms with E-state index in [9.17, 15) is 9.59 Å². The molecule has 0 aliphatic carbocycles. The molecule has 0 aliphatic rings. The number of carbonyl (C=O) groups is 2. The number of esters is 1. The fourth-order valence-electron chi connectivity index (χ4n) is 3.68. The standard InChI is InChI=1S/C25H31N3O4.HI/c1-6-27-20-14-13-19(23(29)32-25(3,4)5)15-21(20)28(7-2)22(27)16-26-24(30)31-17-18-11-9-8-10-12-18;/h8-15H,6-7,16-17H2,1-5H3;1H. The quantitative estimate of drug-likeness (QED) is 0.267. The Morgan fingerprint density at radius 3 is 2.36 bits per heavy atom. The van der Waals surface area contributed by atoms with Gasteiger partial charge in [-0.05, 0) is 52.3 Å². The van der Waals surface area contributed by atoms with Crippen molar-refractivity contribution < 1.29 is 47.6 Å². The predicted molar refractivity (Wildman–Crippen MR) is 122 cm³/mol. The SMILES string of the molecule is CCn1c(CNC(=O)OCc2ccccc2)[n+](CC)c2ccc(C(=O)OC(C)(C)C)cc21.[I-]. The topological polar surface area (TPSA) is 73.4 Å². The molecule has 0 aliphatic heterocycles. The zero-order valence-electron chi connectivity index (χ0n) is 19.9. The minimum absolute atomic E-state index is 0. The van der Waals surface area contributed by atoms with Gasteiger partial charge in [-0.25, -0.2) is 18.7 Å². The van der Waals surface area contributed by atoms with Crippen molar-refractivity contribution in [1.29, 1.82) is 0 Å². The third-order valence-electron chi connectivity index (χ3n) is 5.05. The number of imidazole rings is 1. The van der Waals surface area contributed by atoms with Gasteiger partial charge < -0.3 is 38.8 Å². The van der Waals surface area contributed by atoms with E-state index in [-0.39, 0.29) is 36.6 Å². The maximum atomic E-state index is 12.6. The summed E-state index contributed by atoms with van der Waals surface area (Å²) in [6.45, 7) is 11.6. The zero-order chi connectivity index (χ0) is 23.3. The first-order chi connectivity index (χ1) is 15.2. The average molecular weight is 565 g/mol. The van der Waals surface area contributed by atoms with Gasteiger partial charge in [-0.1, -0.05) is 30.3 Å². The van der Waals surface area contributed by atoms with Crippen molar-refractivity contribution in [2.24, 2.45) is 0 Å². The van der Waals surface area contributed by atoms with Gasteiger partial charge in [0.15, 0.2) is 11.0 Å². The Kier molecular flexibility index (Phi) is 9.27. The Morgan fingerprint density at radius 1 is 1.06 bits per heavy atom. The molecule has 1 heterocycles. The third-order valence-corrected chi connectivity index (χ3v) is 5.05. The summed E-state index contributed by atoms with van der Waals surface area (Å²) in [5.41, 5.74) is 2.80. The molecule has 0 saturated heterocycles. The van der Waals surface area contributed by atoms with Gasteiger partial charge in [0.05, 0.1) is 18.7 Å². The number of nitrogens with zero attached hydrogens (tertiary/aromatic N) is 2. The molecular weight excluding hydrogens is 533 g/mol. The highest BCUT2D eigenvalue weighted by atomic mass is 127. The summed E-state index contributed by atoms with van der Waals surface area (Å²) in [5, 5.41) is 2.85. The van der Waals surface area contributed by atoms with Crippen LogP contribution in [0.1, 0.15) is 56.4 Å². The Bertz CT molecular complexity index is 1100. The minimum Gasteiger partial charge on any atom is -1.00 e. The Labute approximate surface area is 212 Å². The zero-order valence-corrected chi connectivity index (χ0v) is 22.0. The van der Waals surface area contributed by atoms with Crippen molar-refractivity contribution in [2.75, 3.05) is 0 Å². The van der Waals surface area contributed by atoms with Gasteiger partial charge in [0.2, 0.25) is 0 Å². The van der Waals surface area contributed by atoms with Gasteiger partial charge in [-0.2, -0.15) is 0 Å². The minimum atomic E-state index is -0.558. The summed E-state index contributed by atoms with van der Waals surface area (Å²) in [5.74, 6) is 0.582. The van der Waals surface area contributed by atoms with Gasteiger partial charge in [-0.15, -0.1) is 0 Å². The van der Waals surface area contributed by atoms with E-state index in [0.29, 0.717) is 18.7 Å². The molecule has 7 nitrogen and oxygen atoms in total. The maximum absolute atomic E-state index is 12.6. The predicted octanol–water partition coefficient (Wildman–Crippen LogP) is 1.35.